The van der Waals surface area contributed by atoms with E-state index in [-0.39, 0.29) is 17.1 Å². The number of hydrogen-bond donors (Lipinski definition) is 0. The largest absolute Gasteiger partial charge is 0.463 e. The second-order valence-corrected chi connectivity index (χ2v) is 6.47. The van der Waals surface area contributed by atoms with E-state index in [2.05, 4.69) is 4.98 Å². The van der Waals surface area contributed by atoms with Crippen LogP contribution in [-0.2, 0) is 10.2 Å². The molecule has 2 aromatic rings. The number of oxazole rings is 1. The highest BCUT2D eigenvalue weighted by Gasteiger charge is 2.30. The molecule has 6 heteroatoms. The molecule has 0 aliphatic rings. The fraction of sp³-hybridized carbons (Fsp3) is 0.333. The van der Waals surface area contributed by atoms with Gasteiger partial charge in [-0.1, -0.05) is 44.0 Å². The lowest BCUT2D eigenvalue weighted by atomic mass is 9.91. The van der Waals surface area contributed by atoms with Gasteiger partial charge in [-0.25, -0.2) is 9.78 Å². The van der Waals surface area contributed by atoms with Gasteiger partial charge in [0.15, 0.2) is 0 Å². The smallest absolute Gasteiger partial charge is 0.376 e. The lowest BCUT2D eigenvalue weighted by Gasteiger charge is -2.15. The Morgan fingerprint density at radius 1 is 1.19 bits per heavy atom. The highest BCUT2D eigenvalue weighted by Crippen LogP contribution is 2.32. The van der Waals surface area contributed by atoms with Gasteiger partial charge < -0.3 is 9.15 Å². The molecule has 2 rings (SSSR count). The van der Waals surface area contributed by atoms with Gasteiger partial charge in [0.2, 0.25) is 11.7 Å². The number of benzene rings is 1. The molecular formula is C15H15Cl2NO3. The molecule has 1 aromatic heterocycles. The number of rotatable bonds is 2. The van der Waals surface area contributed by atoms with Crippen molar-refractivity contribution >= 4 is 29.2 Å². The van der Waals surface area contributed by atoms with Crippen molar-refractivity contribution in [3.8, 4) is 11.5 Å². The van der Waals surface area contributed by atoms with Crippen LogP contribution >= 0.6 is 23.2 Å². The van der Waals surface area contributed by atoms with Gasteiger partial charge >= 0.3 is 5.97 Å². The second-order valence-electron chi connectivity index (χ2n) is 5.60. The zero-order valence-electron chi connectivity index (χ0n) is 12.2. The van der Waals surface area contributed by atoms with Crippen LogP contribution in [0.1, 0.15) is 37.0 Å². The lowest BCUT2D eigenvalue weighted by Crippen LogP contribution is -2.17. The minimum absolute atomic E-state index is 0.0936. The van der Waals surface area contributed by atoms with Crippen molar-refractivity contribution in [1.29, 1.82) is 0 Å². The molecule has 0 radical (unpaired) electrons. The number of carbonyl (C=O) groups excluding carboxylic acids is 1. The quantitative estimate of drug-likeness (QED) is 0.748. The second kappa shape index (κ2) is 5.70. The van der Waals surface area contributed by atoms with Crippen LogP contribution < -0.4 is 0 Å². The van der Waals surface area contributed by atoms with Gasteiger partial charge in [0.05, 0.1) is 7.11 Å². The molecule has 0 N–H and O–H groups in total. The minimum Gasteiger partial charge on any atom is -0.463 e. The molecule has 0 amide bonds. The summed E-state index contributed by atoms with van der Waals surface area (Å²) in [4.78, 5) is 16.3. The summed E-state index contributed by atoms with van der Waals surface area (Å²) in [6.45, 7) is 5.81. The Hall–Kier alpha value is -1.52. The molecule has 0 saturated carbocycles. The van der Waals surface area contributed by atoms with Gasteiger partial charge in [-0.2, -0.15) is 0 Å². The van der Waals surface area contributed by atoms with E-state index in [4.69, 9.17) is 32.4 Å². The van der Waals surface area contributed by atoms with E-state index in [1.807, 2.05) is 20.8 Å². The predicted molar refractivity (Wildman–Crippen MR) is 82.0 cm³/mol. The van der Waals surface area contributed by atoms with Crippen molar-refractivity contribution in [2.24, 2.45) is 0 Å². The van der Waals surface area contributed by atoms with Crippen molar-refractivity contribution in [2.75, 3.05) is 7.11 Å². The molecule has 4 nitrogen and oxygen atoms in total. The number of hydrogen-bond acceptors (Lipinski definition) is 4. The minimum atomic E-state index is -0.563. The van der Waals surface area contributed by atoms with Crippen molar-refractivity contribution in [1.82, 2.24) is 4.98 Å². The maximum absolute atomic E-state index is 11.9. The number of halogens is 2. The van der Waals surface area contributed by atoms with Gasteiger partial charge in [0, 0.05) is 21.0 Å². The fourth-order valence-electron chi connectivity index (χ4n) is 1.86. The standard InChI is InChI=1S/C15H15Cl2NO3/c1-15(2,3)12-11(14(19)20-4)21-13(18-12)8-5-9(16)7-10(17)6-8/h5-7H,1-4H3. The van der Waals surface area contributed by atoms with E-state index >= 15 is 0 Å². The Morgan fingerprint density at radius 2 is 1.76 bits per heavy atom. The Kier molecular flexibility index (Phi) is 4.30. The first-order chi connectivity index (χ1) is 9.72. The number of methoxy groups -OCH3 is 1. The Labute approximate surface area is 133 Å². The molecule has 0 spiro atoms. The summed E-state index contributed by atoms with van der Waals surface area (Å²) >= 11 is 12.0. The molecule has 0 bridgehead atoms. The number of ether oxygens (including phenoxy) is 1. The number of esters is 1. The van der Waals surface area contributed by atoms with Crippen LogP contribution in [0, 0.1) is 0 Å². The van der Waals surface area contributed by atoms with Gasteiger partial charge in [-0.3, -0.25) is 0 Å². The third kappa shape index (κ3) is 3.39. The molecule has 112 valence electrons. The van der Waals surface area contributed by atoms with Crippen LogP contribution in [-0.4, -0.2) is 18.1 Å². The van der Waals surface area contributed by atoms with Crippen LogP contribution in [0.2, 0.25) is 10.0 Å². The first-order valence-electron chi connectivity index (χ1n) is 6.28. The summed E-state index contributed by atoms with van der Waals surface area (Å²) in [5, 5.41) is 0.931. The van der Waals surface area contributed by atoms with Crippen LogP contribution in [0.5, 0.6) is 0 Å². The lowest BCUT2D eigenvalue weighted by molar-refractivity contribution is 0.0562. The van der Waals surface area contributed by atoms with E-state index in [0.29, 0.717) is 21.3 Å². The van der Waals surface area contributed by atoms with Crippen LogP contribution in [0.4, 0.5) is 0 Å². The van der Waals surface area contributed by atoms with Crippen molar-refractivity contribution in [2.45, 2.75) is 26.2 Å². The predicted octanol–water partition coefficient (Wildman–Crippen LogP) is 4.73. The molecule has 0 atom stereocenters. The Balaban J connectivity index is 2.61. The maximum Gasteiger partial charge on any atom is 0.376 e. The topological polar surface area (TPSA) is 52.3 Å². The molecule has 0 fully saturated rings. The van der Waals surface area contributed by atoms with Gasteiger partial charge in [-0.15, -0.1) is 0 Å². The molecular weight excluding hydrogens is 313 g/mol. The summed E-state index contributed by atoms with van der Waals surface area (Å²) in [6.07, 6.45) is 0. The highest BCUT2D eigenvalue weighted by atomic mass is 35.5. The molecule has 1 heterocycles. The Morgan fingerprint density at radius 3 is 2.24 bits per heavy atom. The van der Waals surface area contributed by atoms with E-state index in [1.165, 1.54) is 7.11 Å². The number of aromatic nitrogens is 1. The molecule has 1 aromatic carbocycles. The summed E-state index contributed by atoms with van der Waals surface area (Å²) in [7, 11) is 1.30. The summed E-state index contributed by atoms with van der Waals surface area (Å²) in [5.74, 6) is -0.187. The third-order valence-electron chi connectivity index (χ3n) is 2.82. The van der Waals surface area contributed by atoms with Crippen LogP contribution in [0.15, 0.2) is 22.6 Å². The van der Waals surface area contributed by atoms with Crippen molar-refractivity contribution in [3.63, 3.8) is 0 Å². The molecule has 0 aliphatic carbocycles. The zero-order valence-corrected chi connectivity index (χ0v) is 13.7. The average Bonchev–Trinajstić information content (AvgIpc) is 2.81. The van der Waals surface area contributed by atoms with Gasteiger partial charge in [0.1, 0.15) is 5.69 Å². The van der Waals surface area contributed by atoms with E-state index in [0.717, 1.165) is 0 Å². The number of carbonyl (C=O) groups is 1. The summed E-state index contributed by atoms with van der Waals surface area (Å²) < 4.78 is 10.3. The first-order valence-corrected chi connectivity index (χ1v) is 7.04. The van der Waals surface area contributed by atoms with E-state index in [9.17, 15) is 4.79 Å². The van der Waals surface area contributed by atoms with Crippen LogP contribution in [0.25, 0.3) is 11.5 Å². The van der Waals surface area contributed by atoms with Crippen molar-refractivity contribution in [3.05, 3.63) is 39.7 Å². The number of nitrogens with zero attached hydrogens (tertiary/aromatic N) is 1. The van der Waals surface area contributed by atoms with E-state index in [1.54, 1.807) is 18.2 Å². The molecule has 0 unspecified atom stereocenters. The Bertz CT molecular complexity index is 666. The maximum atomic E-state index is 11.9. The third-order valence-corrected chi connectivity index (χ3v) is 3.25. The SMILES string of the molecule is COC(=O)c1oc(-c2cc(Cl)cc(Cl)c2)nc1C(C)(C)C. The monoisotopic (exact) mass is 327 g/mol. The molecule has 21 heavy (non-hydrogen) atoms. The normalized spacial score (nSPS) is 11.5. The first kappa shape index (κ1) is 15.9. The highest BCUT2D eigenvalue weighted by molar-refractivity contribution is 6.35. The molecule has 0 aliphatic heterocycles. The average molecular weight is 328 g/mol. The van der Waals surface area contributed by atoms with Crippen LogP contribution in [0.3, 0.4) is 0 Å². The van der Waals surface area contributed by atoms with E-state index < -0.39 is 5.97 Å². The summed E-state index contributed by atoms with van der Waals surface area (Å²) in [6, 6.07) is 4.96. The molecule has 0 saturated heterocycles. The fourth-order valence-corrected chi connectivity index (χ4v) is 2.39. The zero-order chi connectivity index (χ0) is 15.8. The van der Waals surface area contributed by atoms with Gasteiger partial charge in [0.25, 0.3) is 0 Å². The van der Waals surface area contributed by atoms with Gasteiger partial charge in [-0.05, 0) is 18.2 Å². The summed E-state index contributed by atoms with van der Waals surface area (Å²) in [5.41, 5.74) is 0.766. The van der Waals surface area contributed by atoms with Crippen molar-refractivity contribution < 1.29 is 13.9 Å².